The molecule has 0 saturated heterocycles. The van der Waals surface area contributed by atoms with Crippen LogP contribution in [0.15, 0.2) is 12.7 Å². The summed E-state index contributed by atoms with van der Waals surface area (Å²) in [6.07, 6.45) is 5.84. The molecule has 0 N–H and O–H groups in total. The zero-order chi connectivity index (χ0) is 10.5. The summed E-state index contributed by atoms with van der Waals surface area (Å²) in [5, 5.41) is 0. The van der Waals surface area contributed by atoms with E-state index in [0.29, 0.717) is 5.41 Å². The number of hydrogen-bond acceptors (Lipinski definition) is 0. The van der Waals surface area contributed by atoms with Gasteiger partial charge in [-0.2, -0.15) is 0 Å². The largest absolute Gasteiger partial charge is 0.103 e. The second kappa shape index (κ2) is 7.09. The monoisotopic (exact) mass is 198 g/mol. The first kappa shape index (κ1) is 16.2. The minimum atomic E-state index is 0. The van der Waals surface area contributed by atoms with Crippen LogP contribution in [0.25, 0.3) is 0 Å². The van der Waals surface area contributed by atoms with Gasteiger partial charge in [-0.1, -0.05) is 54.5 Å². The van der Waals surface area contributed by atoms with Gasteiger partial charge in [0.25, 0.3) is 0 Å². The van der Waals surface area contributed by atoms with Crippen molar-refractivity contribution in [3.05, 3.63) is 12.7 Å². The summed E-state index contributed by atoms with van der Waals surface area (Å²) in [5.41, 5.74) is 0.423. The second-order valence-corrected chi connectivity index (χ2v) is 5.12. The highest BCUT2D eigenvalue weighted by molar-refractivity contribution is 4.86. The average Bonchev–Trinajstić information content (AvgIpc) is 1.99. The molecule has 0 heteroatoms. The second-order valence-electron chi connectivity index (χ2n) is 5.12. The third kappa shape index (κ3) is 4.83. The Morgan fingerprint density at radius 2 is 1.79 bits per heavy atom. The van der Waals surface area contributed by atoms with E-state index < -0.39 is 0 Å². The highest BCUT2D eigenvalue weighted by Crippen LogP contribution is 2.38. The maximum atomic E-state index is 3.85. The molecule has 0 rings (SSSR count). The highest BCUT2D eigenvalue weighted by Gasteiger charge is 2.29. The number of rotatable bonds is 6. The highest BCUT2D eigenvalue weighted by atomic mass is 14.3. The molecule has 0 amide bonds. The SMILES string of the molecule is C.C=CCC(C)(C)[C@H](CCC)C(C)C. The van der Waals surface area contributed by atoms with E-state index in [-0.39, 0.29) is 7.43 Å². The van der Waals surface area contributed by atoms with Crippen molar-refractivity contribution in [2.45, 2.75) is 61.3 Å². The van der Waals surface area contributed by atoms with Crippen LogP contribution in [0, 0.1) is 17.3 Å². The molecule has 0 heterocycles. The van der Waals surface area contributed by atoms with Crippen molar-refractivity contribution >= 4 is 0 Å². The summed E-state index contributed by atoms with van der Waals surface area (Å²) in [4.78, 5) is 0. The molecule has 0 aliphatic heterocycles. The maximum Gasteiger partial charge on any atom is -0.0289 e. The molecular weight excluding hydrogens is 168 g/mol. The fourth-order valence-corrected chi connectivity index (χ4v) is 2.46. The van der Waals surface area contributed by atoms with Gasteiger partial charge in [0.2, 0.25) is 0 Å². The Hall–Kier alpha value is -0.260. The molecule has 1 atom stereocenters. The quantitative estimate of drug-likeness (QED) is 0.508. The van der Waals surface area contributed by atoms with E-state index in [1.165, 1.54) is 12.8 Å². The third-order valence-corrected chi connectivity index (χ3v) is 3.08. The number of allylic oxidation sites excluding steroid dienone is 1. The Kier molecular flexibility index (Phi) is 8.19. The van der Waals surface area contributed by atoms with Gasteiger partial charge in [-0.3, -0.25) is 0 Å². The predicted octanol–water partition coefficient (Wildman–Crippen LogP) is 5.30. The van der Waals surface area contributed by atoms with E-state index in [4.69, 9.17) is 0 Å². The van der Waals surface area contributed by atoms with Crippen LogP contribution in [0.4, 0.5) is 0 Å². The Bertz CT molecular complexity index is 142. The lowest BCUT2D eigenvalue weighted by molar-refractivity contribution is 0.146. The van der Waals surface area contributed by atoms with E-state index in [1.54, 1.807) is 0 Å². The van der Waals surface area contributed by atoms with Crippen LogP contribution in [0.3, 0.4) is 0 Å². The zero-order valence-corrected chi connectivity index (χ0v) is 10.1. The van der Waals surface area contributed by atoms with Gasteiger partial charge in [0.15, 0.2) is 0 Å². The molecule has 0 aromatic heterocycles. The van der Waals surface area contributed by atoms with Gasteiger partial charge in [0.05, 0.1) is 0 Å². The van der Waals surface area contributed by atoms with Gasteiger partial charge in [0.1, 0.15) is 0 Å². The molecule has 0 aromatic carbocycles. The lowest BCUT2D eigenvalue weighted by Crippen LogP contribution is -2.27. The van der Waals surface area contributed by atoms with Crippen LogP contribution in [-0.2, 0) is 0 Å². The van der Waals surface area contributed by atoms with Crippen LogP contribution < -0.4 is 0 Å². The third-order valence-electron chi connectivity index (χ3n) is 3.08. The Labute approximate surface area is 91.8 Å². The Balaban J connectivity index is 0. The molecule has 0 aromatic rings. The van der Waals surface area contributed by atoms with Crippen LogP contribution in [-0.4, -0.2) is 0 Å². The standard InChI is InChI=1S/C13H26.CH4/c1-7-9-12(11(3)4)13(5,6)10-8-2;/h8,11-12H,2,7,9-10H2,1,3-6H3;1H4/t12-;/m1./s1. The minimum Gasteiger partial charge on any atom is -0.103 e. The molecule has 0 unspecified atom stereocenters. The molecule has 0 fully saturated rings. The number of hydrogen-bond donors (Lipinski definition) is 0. The summed E-state index contributed by atoms with van der Waals surface area (Å²) in [5.74, 6) is 1.62. The molecule has 0 aliphatic carbocycles. The van der Waals surface area contributed by atoms with Crippen molar-refractivity contribution in [3.63, 3.8) is 0 Å². The fourth-order valence-electron chi connectivity index (χ4n) is 2.46. The van der Waals surface area contributed by atoms with Crippen molar-refractivity contribution in [2.24, 2.45) is 17.3 Å². The van der Waals surface area contributed by atoms with Gasteiger partial charge in [-0.05, 0) is 30.1 Å². The van der Waals surface area contributed by atoms with Crippen LogP contribution in [0.5, 0.6) is 0 Å². The van der Waals surface area contributed by atoms with Gasteiger partial charge in [0, 0.05) is 0 Å². The smallest absolute Gasteiger partial charge is 0.0289 e. The molecular formula is C14H30. The van der Waals surface area contributed by atoms with Crippen LogP contribution >= 0.6 is 0 Å². The van der Waals surface area contributed by atoms with E-state index >= 15 is 0 Å². The first-order valence-electron chi connectivity index (χ1n) is 5.56. The summed E-state index contributed by atoms with van der Waals surface area (Å²) in [7, 11) is 0. The van der Waals surface area contributed by atoms with E-state index in [9.17, 15) is 0 Å². The van der Waals surface area contributed by atoms with E-state index in [2.05, 4.69) is 47.3 Å². The Morgan fingerprint density at radius 1 is 1.29 bits per heavy atom. The summed E-state index contributed by atoms with van der Waals surface area (Å²) in [6, 6.07) is 0. The summed E-state index contributed by atoms with van der Waals surface area (Å²) >= 11 is 0. The van der Waals surface area contributed by atoms with Gasteiger partial charge in [-0.25, -0.2) is 0 Å². The molecule has 0 saturated carbocycles. The van der Waals surface area contributed by atoms with Crippen LogP contribution in [0.1, 0.15) is 61.3 Å². The molecule has 0 bridgehead atoms. The summed E-state index contributed by atoms with van der Waals surface area (Å²) < 4.78 is 0. The average molecular weight is 198 g/mol. The predicted molar refractivity (Wildman–Crippen MR) is 68.6 cm³/mol. The minimum absolute atomic E-state index is 0. The fraction of sp³-hybridized carbons (Fsp3) is 0.857. The maximum absolute atomic E-state index is 3.85. The molecule has 14 heavy (non-hydrogen) atoms. The lowest BCUT2D eigenvalue weighted by Gasteiger charge is -2.36. The lowest BCUT2D eigenvalue weighted by atomic mass is 9.69. The first-order chi connectivity index (χ1) is 5.95. The zero-order valence-electron chi connectivity index (χ0n) is 10.1. The molecule has 0 aliphatic rings. The first-order valence-corrected chi connectivity index (χ1v) is 5.56. The van der Waals surface area contributed by atoms with Crippen molar-refractivity contribution in [2.75, 3.05) is 0 Å². The normalized spacial score (nSPS) is 13.6. The van der Waals surface area contributed by atoms with E-state index in [0.717, 1.165) is 18.3 Å². The molecule has 0 nitrogen and oxygen atoms in total. The van der Waals surface area contributed by atoms with Crippen LogP contribution in [0.2, 0.25) is 0 Å². The topological polar surface area (TPSA) is 0 Å². The molecule has 0 spiro atoms. The molecule has 0 radical (unpaired) electrons. The van der Waals surface area contributed by atoms with Gasteiger partial charge >= 0.3 is 0 Å². The Morgan fingerprint density at radius 3 is 2.07 bits per heavy atom. The van der Waals surface area contributed by atoms with Crippen molar-refractivity contribution in [1.29, 1.82) is 0 Å². The van der Waals surface area contributed by atoms with Crippen molar-refractivity contribution in [3.8, 4) is 0 Å². The van der Waals surface area contributed by atoms with E-state index in [1.807, 2.05) is 0 Å². The summed E-state index contributed by atoms with van der Waals surface area (Å²) in [6.45, 7) is 15.5. The van der Waals surface area contributed by atoms with Crippen molar-refractivity contribution in [1.82, 2.24) is 0 Å². The van der Waals surface area contributed by atoms with Gasteiger partial charge in [-0.15, -0.1) is 6.58 Å². The van der Waals surface area contributed by atoms with Crippen molar-refractivity contribution < 1.29 is 0 Å². The van der Waals surface area contributed by atoms with Gasteiger partial charge < -0.3 is 0 Å². The molecule has 86 valence electrons.